The fourth-order valence-corrected chi connectivity index (χ4v) is 3.35. The zero-order valence-electron chi connectivity index (χ0n) is 12.7. The van der Waals surface area contributed by atoms with Crippen molar-refractivity contribution in [3.8, 4) is 0 Å². The molecule has 0 saturated carbocycles. The average molecular weight is 264 g/mol. The number of rotatable bonds is 0. The Morgan fingerprint density at radius 2 is 1.05 bits per heavy atom. The zero-order valence-corrected chi connectivity index (χ0v) is 12.7. The molecule has 0 atom stereocenters. The summed E-state index contributed by atoms with van der Waals surface area (Å²) in [6.07, 6.45) is 7.29. The van der Waals surface area contributed by atoms with E-state index in [-0.39, 0.29) is 0 Å². The van der Waals surface area contributed by atoms with Gasteiger partial charge in [-0.05, 0) is 85.8 Å². The molecule has 2 aromatic carbocycles. The molecule has 0 heteroatoms. The van der Waals surface area contributed by atoms with E-state index in [9.17, 15) is 0 Å². The first-order chi connectivity index (χ1) is 9.72. The van der Waals surface area contributed by atoms with Crippen molar-refractivity contribution < 1.29 is 0 Å². The van der Waals surface area contributed by atoms with Gasteiger partial charge in [-0.2, -0.15) is 0 Å². The first kappa shape index (κ1) is 13.4. The van der Waals surface area contributed by atoms with Crippen LogP contribution in [0.5, 0.6) is 0 Å². The van der Waals surface area contributed by atoms with Crippen molar-refractivity contribution >= 4 is 0 Å². The van der Waals surface area contributed by atoms with Gasteiger partial charge in [0, 0.05) is 0 Å². The van der Waals surface area contributed by atoms with Crippen LogP contribution in [0.3, 0.4) is 0 Å². The molecule has 0 unspecified atom stereocenters. The van der Waals surface area contributed by atoms with Crippen molar-refractivity contribution in [3.05, 3.63) is 69.8 Å². The Morgan fingerprint density at radius 1 is 0.600 bits per heavy atom. The van der Waals surface area contributed by atoms with Gasteiger partial charge in [-0.15, -0.1) is 0 Å². The van der Waals surface area contributed by atoms with Gasteiger partial charge in [0.05, 0.1) is 0 Å². The molecule has 0 N–H and O–H groups in total. The van der Waals surface area contributed by atoms with Crippen molar-refractivity contribution in [2.75, 3.05) is 0 Å². The molecule has 4 bridgehead atoms. The minimum absolute atomic E-state index is 1.20. The maximum absolute atomic E-state index is 2.40. The van der Waals surface area contributed by atoms with Gasteiger partial charge >= 0.3 is 0 Å². The summed E-state index contributed by atoms with van der Waals surface area (Å²) in [6.45, 7) is 4.53. The average Bonchev–Trinajstić information content (AvgIpc) is 2.43. The Bertz CT molecular complexity index is 552. The predicted octanol–water partition coefficient (Wildman–Crippen LogP) is 4.97. The second-order valence-corrected chi connectivity index (χ2v) is 6.23. The number of hydrogen-bond acceptors (Lipinski definition) is 0. The SMILES string of the molecule is Cc1cc2ccc1CCCc1ccc(c(C)c1)CCC2. The number of hydrogen-bond donors (Lipinski definition) is 0. The summed E-state index contributed by atoms with van der Waals surface area (Å²) in [6, 6.07) is 14.2. The molecule has 0 fully saturated rings. The topological polar surface area (TPSA) is 0 Å². The maximum Gasteiger partial charge on any atom is -0.0273 e. The van der Waals surface area contributed by atoms with Crippen LogP contribution in [0.2, 0.25) is 0 Å². The van der Waals surface area contributed by atoms with E-state index in [1.54, 1.807) is 0 Å². The van der Waals surface area contributed by atoms with E-state index in [0.29, 0.717) is 0 Å². The third-order valence-corrected chi connectivity index (χ3v) is 4.64. The van der Waals surface area contributed by atoms with E-state index in [1.165, 1.54) is 71.9 Å². The van der Waals surface area contributed by atoms with Gasteiger partial charge in [-0.1, -0.05) is 36.4 Å². The first-order valence-corrected chi connectivity index (χ1v) is 7.89. The Labute approximate surface area is 122 Å². The van der Waals surface area contributed by atoms with Gasteiger partial charge in [-0.3, -0.25) is 0 Å². The molecule has 4 aliphatic rings. The van der Waals surface area contributed by atoms with E-state index in [0.717, 1.165) is 0 Å². The molecule has 0 spiro atoms. The maximum atomic E-state index is 2.40. The Morgan fingerprint density at radius 3 is 1.45 bits per heavy atom. The summed E-state index contributed by atoms with van der Waals surface area (Å²) in [5.74, 6) is 0. The van der Waals surface area contributed by atoms with Crippen molar-refractivity contribution in [3.63, 3.8) is 0 Å². The van der Waals surface area contributed by atoms with Gasteiger partial charge in [0.2, 0.25) is 0 Å². The molecule has 0 nitrogen and oxygen atoms in total. The molecule has 0 amide bonds. The summed E-state index contributed by atoms with van der Waals surface area (Å²) < 4.78 is 0. The van der Waals surface area contributed by atoms with Crippen LogP contribution in [-0.4, -0.2) is 0 Å². The Kier molecular flexibility index (Phi) is 3.91. The van der Waals surface area contributed by atoms with Gasteiger partial charge in [0.1, 0.15) is 0 Å². The van der Waals surface area contributed by atoms with Crippen LogP contribution < -0.4 is 0 Å². The lowest BCUT2D eigenvalue weighted by atomic mass is 9.93. The molecule has 0 aromatic heterocycles. The Balaban J connectivity index is 1.89. The van der Waals surface area contributed by atoms with Crippen molar-refractivity contribution in [2.24, 2.45) is 0 Å². The van der Waals surface area contributed by atoms with Crippen LogP contribution in [0.1, 0.15) is 46.2 Å². The lowest BCUT2D eigenvalue weighted by molar-refractivity contribution is 0.792. The molecular weight excluding hydrogens is 240 g/mol. The lowest BCUT2D eigenvalue weighted by Gasteiger charge is -2.13. The van der Waals surface area contributed by atoms with E-state index in [1.807, 2.05) is 0 Å². The van der Waals surface area contributed by atoms with Crippen molar-refractivity contribution in [1.82, 2.24) is 0 Å². The summed E-state index contributed by atoms with van der Waals surface area (Å²) in [5.41, 5.74) is 9.00. The fourth-order valence-electron chi connectivity index (χ4n) is 3.35. The third-order valence-electron chi connectivity index (χ3n) is 4.64. The fraction of sp³-hybridized carbons (Fsp3) is 0.400. The molecule has 0 heterocycles. The minimum atomic E-state index is 1.20. The van der Waals surface area contributed by atoms with Crippen molar-refractivity contribution in [2.45, 2.75) is 52.4 Å². The molecule has 0 radical (unpaired) electrons. The zero-order chi connectivity index (χ0) is 13.9. The first-order valence-electron chi connectivity index (χ1n) is 7.89. The standard InChI is InChI=1S/C20H24/c1-15-13-17-5-4-8-20-12-10-18(14-16(20)2)6-3-7-19(15)11-9-17/h9-14H,3-8H2,1-2H3. The van der Waals surface area contributed by atoms with E-state index in [2.05, 4.69) is 50.2 Å². The highest BCUT2D eigenvalue weighted by molar-refractivity contribution is 5.34. The highest BCUT2D eigenvalue weighted by atomic mass is 14.1. The van der Waals surface area contributed by atoms with Crippen LogP contribution in [0, 0.1) is 13.8 Å². The minimum Gasteiger partial charge on any atom is -0.0588 e. The summed E-state index contributed by atoms with van der Waals surface area (Å²) in [5, 5.41) is 0. The smallest absolute Gasteiger partial charge is 0.0273 e. The second kappa shape index (κ2) is 5.83. The summed E-state index contributed by atoms with van der Waals surface area (Å²) >= 11 is 0. The molecule has 6 rings (SSSR count). The lowest BCUT2D eigenvalue weighted by Crippen LogP contribution is -1.99. The monoisotopic (exact) mass is 264 g/mol. The van der Waals surface area contributed by atoms with E-state index >= 15 is 0 Å². The Hall–Kier alpha value is -1.56. The van der Waals surface area contributed by atoms with E-state index in [4.69, 9.17) is 0 Å². The largest absolute Gasteiger partial charge is 0.0588 e. The van der Waals surface area contributed by atoms with Gasteiger partial charge < -0.3 is 0 Å². The summed E-state index contributed by atoms with van der Waals surface area (Å²) in [4.78, 5) is 0. The molecule has 0 saturated heterocycles. The predicted molar refractivity (Wildman–Crippen MR) is 86.4 cm³/mol. The second-order valence-electron chi connectivity index (χ2n) is 6.23. The molecule has 104 valence electrons. The van der Waals surface area contributed by atoms with Crippen LogP contribution in [0.15, 0.2) is 36.4 Å². The summed E-state index contributed by atoms with van der Waals surface area (Å²) in [7, 11) is 0. The number of benzene rings is 2. The van der Waals surface area contributed by atoms with Crippen LogP contribution in [-0.2, 0) is 25.7 Å². The van der Waals surface area contributed by atoms with Crippen LogP contribution in [0.4, 0.5) is 0 Å². The molecular formula is C20H24. The molecule has 4 aliphatic carbocycles. The molecule has 0 aliphatic heterocycles. The van der Waals surface area contributed by atoms with Crippen LogP contribution in [0.25, 0.3) is 0 Å². The van der Waals surface area contributed by atoms with E-state index < -0.39 is 0 Å². The highest BCUT2D eigenvalue weighted by Gasteiger charge is 2.06. The van der Waals surface area contributed by atoms with Gasteiger partial charge in [0.15, 0.2) is 0 Å². The van der Waals surface area contributed by atoms with Crippen LogP contribution >= 0.6 is 0 Å². The molecule has 2 aromatic rings. The van der Waals surface area contributed by atoms with Crippen molar-refractivity contribution in [1.29, 1.82) is 0 Å². The number of aryl methyl sites for hydroxylation is 6. The molecule has 20 heavy (non-hydrogen) atoms. The normalized spacial score (nSPS) is 15.3. The third kappa shape index (κ3) is 2.95. The quantitative estimate of drug-likeness (QED) is 0.630. The van der Waals surface area contributed by atoms with Gasteiger partial charge in [-0.25, -0.2) is 0 Å². The highest BCUT2D eigenvalue weighted by Crippen LogP contribution is 2.20. The van der Waals surface area contributed by atoms with Gasteiger partial charge in [0.25, 0.3) is 0 Å².